The molecule has 21 heavy (non-hydrogen) atoms. The van der Waals surface area contributed by atoms with E-state index in [9.17, 15) is 9.59 Å². The average Bonchev–Trinajstić information content (AvgIpc) is 2.85. The van der Waals surface area contributed by atoms with Crippen LogP contribution >= 0.6 is 11.6 Å². The molecule has 0 radical (unpaired) electrons. The Morgan fingerprint density at radius 3 is 2.86 bits per heavy atom. The minimum Gasteiger partial charge on any atom is -0.468 e. The second-order valence-corrected chi connectivity index (χ2v) is 5.34. The van der Waals surface area contributed by atoms with Crippen molar-refractivity contribution in [2.75, 3.05) is 18.6 Å². The van der Waals surface area contributed by atoms with Crippen LogP contribution in [0.2, 0.25) is 5.02 Å². The number of carbonyl (C=O) groups excluding carboxylic acids is 2. The Bertz CT molecular complexity index is 535. The summed E-state index contributed by atoms with van der Waals surface area (Å²) < 4.78 is 4.73. The number of carbonyl (C=O) groups is 2. The number of ether oxygens (including phenoxy) is 1. The first-order chi connectivity index (χ1) is 10.1. The molecule has 1 aliphatic rings. The summed E-state index contributed by atoms with van der Waals surface area (Å²) in [4.78, 5) is 25.7. The van der Waals surface area contributed by atoms with Crippen LogP contribution in [-0.2, 0) is 14.3 Å². The van der Waals surface area contributed by atoms with Gasteiger partial charge in [-0.1, -0.05) is 30.7 Å². The number of benzene rings is 1. The lowest BCUT2D eigenvalue weighted by Crippen LogP contribution is -2.47. The van der Waals surface area contributed by atoms with Gasteiger partial charge >= 0.3 is 5.97 Å². The SMILES string of the molecule is CC[C@@H](N[C@@H]1CCN(c2ccccc2Cl)C1=O)C(=O)OC. The topological polar surface area (TPSA) is 58.6 Å². The molecule has 1 aliphatic heterocycles. The zero-order valence-electron chi connectivity index (χ0n) is 12.1. The second-order valence-electron chi connectivity index (χ2n) is 4.93. The van der Waals surface area contributed by atoms with Crippen LogP contribution in [0.5, 0.6) is 0 Å². The van der Waals surface area contributed by atoms with Gasteiger partial charge < -0.3 is 9.64 Å². The van der Waals surface area contributed by atoms with Crippen molar-refractivity contribution in [3.05, 3.63) is 29.3 Å². The number of esters is 1. The van der Waals surface area contributed by atoms with Gasteiger partial charge in [0.15, 0.2) is 0 Å². The maximum Gasteiger partial charge on any atom is 0.322 e. The van der Waals surface area contributed by atoms with E-state index in [-0.39, 0.29) is 17.9 Å². The van der Waals surface area contributed by atoms with Crippen molar-refractivity contribution >= 4 is 29.2 Å². The molecule has 0 unspecified atom stereocenters. The van der Waals surface area contributed by atoms with Crippen LogP contribution in [0.25, 0.3) is 0 Å². The van der Waals surface area contributed by atoms with Gasteiger partial charge in [-0.3, -0.25) is 14.9 Å². The van der Waals surface area contributed by atoms with Crippen molar-refractivity contribution in [3.8, 4) is 0 Å². The molecule has 2 atom stereocenters. The van der Waals surface area contributed by atoms with Gasteiger partial charge in [-0.25, -0.2) is 0 Å². The lowest BCUT2D eigenvalue weighted by molar-refractivity contribution is -0.143. The number of nitrogens with one attached hydrogen (secondary N) is 1. The summed E-state index contributed by atoms with van der Waals surface area (Å²) in [5.41, 5.74) is 0.708. The summed E-state index contributed by atoms with van der Waals surface area (Å²) >= 11 is 6.13. The zero-order valence-corrected chi connectivity index (χ0v) is 12.9. The summed E-state index contributed by atoms with van der Waals surface area (Å²) in [5, 5.41) is 3.62. The summed E-state index contributed by atoms with van der Waals surface area (Å²) in [6.45, 7) is 2.46. The van der Waals surface area contributed by atoms with E-state index in [1.54, 1.807) is 11.0 Å². The van der Waals surface area contributed by atoms with Gasteiger partial charge in [-0.15, -0.1) is 0 Å². The minimum absolute atomic E-state index is 0.0644. The van der Waals surface area contributed by atoms with Crippen molar-refractivity contribution in [1.82, 2.24) is 5.32 Å². The van der Waals surface area contributed by atoms with E-state index >= 15 is 0 Å². The lowest BCUT2D eigenvalue weighted by Gasteiger charge is -2.21. The van der Waals surface area contributed by atoms with Gasteiger partial charge in [0.05, 0.1) is 23.9 Å². The van der Waals surface area contributed by atoms with Crippen LogP contribution in [0.3, 0.4) is 0 Å². The number of anilines is 1. The first-order valence-corrected chi connectivity index (χ1v) is 7.36. The first-order valence-electron chi connectivity index (χ1n) is 6.98. The Morgan fingerprint density at radius 1 is 1.52 bits per heavy atom. The van der Waals surface area contributed by atoms with Crippen LogP contribution < -0.4 is 10.2 Å². The van der Waals surface area contributed by atoms with Crippen LogP contribution in [0.1, 0.15) is 19.8 Å². The normalized spacial score (nSPS) is 19.7. The summed E-state index contributed by atoms with van der Waals surface area (Å²) in [6, 6.07) is 6.40. The molecule has 6 heteroatoms. The van der Waals surface area contributed by atoms with E-state index in [1.807, 2.05) is 25.1 Å². The van der Waals surface area contributed by atoms with Gasteiger partial charge in [0.2, 0.25) is 5.91 Å². The fourth-order valence-corrected chi connectivity index (χ4v) is 2.72. The molecule has 1 heterocycles. The highest BCUT2D eigenvalue weighted by Crippen LogP contribution is 2.29. The molecule has 0 aromatic heterocycles. The van der Waals surface area contributed by atoms with Crippen LogP contribution in [-0.4, -0.2) is 37.6 Å². The molecule has 1 aromatic rings. The Hall–Kier alpha value is -1.59. The maximum absolute atomic E-state index is 12.5. The van der Waals surface area contributed by atoms with E-state index in [0.29, 0.717) is 30.1 Å². The number of methoxy groups -OCH3 is 1. The highest BCUT2D eigenvalue weighted by Gasteiger charge is 2.35. The van der Waals surface area contributed by atoms with Gasteiger partial charge in [0.1, 0.15) is 6.04 Å². The highest BCUT2D eigenvalue weighted by molar-refractivity contribution is 6.33. The quantitative estimate of drug-likeness (QED) is 0.845. The molecule has 1 amide bonds. The number of rotatable bonds is 5. The molecule has 0 aliphatic carbocycles. The lowest BCUT2D eigenvalue weighted by atomic mass is 10.1. The third-order valence-electron chi connectivity index (χ3n) is 3.65. The van der Waals surface area contributed by atoms with Crippen LogP contribution in [0.4, 0.5) is 5.69 Å². The average molecular weight is 311 g/mol. The third kappa shape index (κ3) is 3.36. The molecule has 1 fully saturated rings. The molecule has 114 valence electrons. The smallest absolute Gasteiger partial charge is 0.322 e. The van der Waals surface area contributed by atoms with E-state index in [0.717, 1.165) is 0 Å². The molecule has 0 spiro atoms. The van der Waals surface area contributed by atoms with Crippen molar-refractivity contribution < 1.29 is 14.3 Å². The van der Waals surface area contributed by atoms with Gasteiger partial charge in [-0.05, 0) is 25.0 Å². The minimum atomic E-state index is -0.463. The summed E-state index contributed by atoms with van der Waals surface area (Å²) in [7, 11) is 1.35. The zero-order chi connectivity index (χ0) is 15.4. The van der Waals surface area contributed by atoms with Gasteiger partial charge in [0, 0.05) is 6.54 Å². The van der Waals surface area contributed by atoms with Gasteiger partial charge in [-0.2, -0.15) is 0 Å². The maximum atomic E-state index is 12.5. The fourth-order valence-electron chi connectivity index (χ4n) is 2.48. The molecule has 1 aromatic carbocycles. The van der Waals surface area contributed by atoms with Crippen LogP contribution in [0, 0.1) is 0 Å². The molecule has 0 saturated carbocycles. The van der Waals surface area contributed by atoms with Gasteiger partial charge in [0.25, 0.3) is 0 Å². The Morgan fingerprint density at radius 2 is 2.24 bits per heavy atom. The van der Waals surface area contributed by atoms with Crippen molar-refractivity contribution in [3.63, 3.8) is 0 Å². The van der Waals surface area contributed by atoms with E-state index in [4.69, 9.17) is 16.3 Å². The standard InChI is InChI=1S/C15H19ClN2O3/c1-3-11(15(20)21-2)17-12-8-9-18(14(12)19)13-7-5-4-6-10(13)16/h4-7,11-12,17H,3,8-9H2,1-2H3/t11-,12-/m1/s1. The number of amides is 1. The summed E-state index contributed by atoms with van der Waals surface area (Å²) in [6.07, 6.45) is 1.21. The molecule has 2 rings (SSSR count). The molecule has 1 N–H and O–H groups in total. The Kier molecular flexibility index (Phi) is 5.20. The number of hydrogen-bond acceptors (Lipinski definition) is 4. The largest absolute Gasteiger partial charge is 0.468 e. The first kappa shape index (κ1) is 15.8. The molecular formula is C15H19ClN2O3. The van der Waals surface area contributed by atoms with Crippen LogP contribution in [0.15, 0.2) is 24.3 Å². The van der Waals surface area contributed by atoms with E-state index in [2.05, 4.69) is 5.32 Å². The number of para-hydroxylation sites is 1. The predicted molar refractivity (Wildman–Crippen MR) is 81.4 cm³/mol. The third-order valence-corrected chi connectivity index (χ3v) is 3.96. The highest BCUT2D eigenvalue weighted by atomic mass is 35.5. The molecule has 0 bridgehead atoms. The second kappa shape index (κ2) is 6.91. The Labute approximate surface area is 129 Å². The fraction of sp³-hybridized carbons (Fsp3) is 0.467. The van der Waals surface area contributed by atoms with E-state index in [1.165, 1.54) is 7.11 Å². The number of hydrogen-bond donors (Lipinski definition) is 1. The summed E-state index contributed by atoms with van der Waals surface area (Å²) in [5.74, 6) is -0.410. The van der Waals surface area contributed by atoms with Crippen molar-refractivity contribution in [1.29, 1.82) is 0 Å². The molecule has 1 saturated heterocycles. The van der Waals surface area contributed by atoms with Crippen molar-refractivity contribution in [2.45, 2.75) is 31.8 Å². The predicted octanol–water partition coefficient (Wildman–Crippen LogP) is 1.99. The molecular weight excluding hydrogens is 292 g/mol. The number of nitrogens with zero attached hydrogens (tertiary/aromatic N) is 1. The monoisotopic (exact) mass is 310 g/mol. The number of halogens is 1. The Balaban J connectivity index is 2.08. The van der Waals surface area contributed by atoms with Crippen molar-refractivity contribution in [2.24, 2.45) is 0 Å². The van der Waals surface area contributed by atoms with E-state index < -0.39 is 6.04 Å². The molecule has 5 nitrogen and oxygen atoms in total.